The lowest BCUT2D eigenvalue weighted by molar-refractivity contribution is 0.101. The topological polar surface area (TPSA) is 77.5 Å². The van der Waals surface area contributed by atoms with Crippen molar-refractivity contribution in [3.8, 4) is 22.7 Å². The number of nitrogens with zero attached hydrogens (tertiary/aromatic N) is 3. The maximum absolute atomic E-state index is 12.8. The minimum atomic E-state index is -0.294. The maximum atomic E-state index is 12.8. The summed E-state index contributed by atoms with van der Waals surface area (Å²) in [4.78, 5) is 29.1. The van der Waals surface area contributed by atoms with Crippen molar-refractivity contribution in [3.63, 3.8) is 0 Å². The lowest BCUT2D eigenvalue weighted by Crippen LogP contribution is -2.23. The van der Waals surface area contributed by atoms with Gasteiger partial charge in [-0.1, -0.05) is 58.8 Å². The molecule has 0 aliphatic carbocycles. The molecule has 0 aliphatic rings. The molecule has 0 radical (unpaired) electrons. The second kappa shape index (κ2) is 8.02. The summed E-state index contributed by atoms with van der Waals surface area (Å²) in [5.74, 6) is 1.53. The predicted octanol–water partition coefficient (Wildman–Crippen LogP) is 5.14. The molecule has 2 aromatic carbocycles. The highest BCUT2D eigenvalue weighted by Gasteiger charge is 2.15. The molecule has 0 spiro atoms. The Balaban J connectivity index is 1.48. The van der Waals surface area contributed by atoms with Crippen molar-refractivity contribution < 1.29 is 9.21 Å². The van der Waals surface area contributed by atoms with Crippen LogP contribution in [0.1, 0.15) is 23.0 Å². The van der Waals surface area contributed by atoms with Crippen LogP contribution in [-0.4, -0.2) is 20.4 Å². The molecule has 5 aromatic rings. The van der Waals surface area contributed by atoms with Crippen LogP contribution < -0.4 is 10.1 Å². The van der Waals surface area contributed by atoms with E-state index in [2.05, 4.69) is 10.1 Å². The van der Waals surface area contributed by atoms with Gasteiger partial charge in [0.1, 0.15) is 16.1 Å². The summed E-state index contributed by atoms with van der Waals surface area (Å²) in [6.07, 6.45) is 1.66. The first-order valence-corrected chi connectivity index (χ1v) is 11.0. The van der Waals surface area contributed by atoms with Gasteiger partial charge in [0.05, 0.1) is 5.02 Å². The molecule has 6 nitrogen and oxygen atoms in total. The van der Waals surface area contributed by atoms with Gasteiger partial charge in [0.15, 0.2) is 11.6 Å². The van der Waals surface area contributed by atoms with Crippen molar-refractivity contribution in [2.24, 2.45) is 0 Å². The molecule has 9 heteroatoms. The minimum absolute atomic E-state index is 0.00537. The van der Waals surface area contributed by atoms with Gasteiger partial charge in [-0.15, -0.1) is 5.10 Å². The molecule has 0 atom stereocenters. The van der Waals surface area contributed by atoms with Crippen LogP contribution in [0.2, 0.25) is 10.0 Å². The van der Waals surface area contributed by atoms with Crippen LogP contribution in [0.5, 0.6) is 0 Å². The van der Waals surface area contributed by atoms with Crippen LogP contribution in [-0.2, 0) is 0 Å². The Morgan fingerprint density at radius 1 is 1.09 bits per heavy atom. The SMILES string of the molecule is CC(=O)c1ccc(-c2ccc(/C=c3\sc4nc(-c5ccc(Cl)cc5Cl)nn4c3=O)o2)cc1. The number of thiazole rings is 1. The van der Waals surface area contributed by atoms with Gasteiger partial charge in [-0.25, -0.2) is 0 Å². The van der Waals surface area contributed by atoms with Crippen LogP contribution in [0.15, 0.2) is 63.8 Å². The zero-order chi connectivity index (χ0) is 22.4. The summed E-state index contributed by atoms with van der Waals surface area (Å²) in [6, 6.07) is 15.8. The number of hydrogen-bond acceptors (Lipinski definition) is 6. The third kappa shape index (κ3) is 3.75. The Hall–Kier alpha value is -3.26. The van der Waals surface area contributed by atoms with E-state index < -0.39 is 0 Å². The molecule has 0 unspecified atom stereocenters. The van der Waals surface area contributed by atoms with E-state index in [1.54, 1.807) is 42.5 Å². The number of halogens is 2. The summed E-state index contributed by atoms with van der Waals surface area (Å²) in [5.41, 5.74) is 1.78. The average molecular weight is 482 g/mol. The number of ketones is 1. The van der Waals surface area contributed by atoms with E-state index in [0.29, 0.717) is 48.0 Å². The fraction of sp³-hybridized carbons (Fsp3) is 0.0435. The number of furan rings is 1. The second-order valence-corrected chi connectivity index (χ2v) is 8.86. The Morgan fingerprint density at radius 3 is 2.56 bits per heavy atom. The van der Waals surface area contributed by atoms with Gasteiger partial charge in [0.25, 0.3) is 5.56 Å². The highest BCUT2D eigenvalue weighted by atomic mass is 35.5. The number of hydrogen-bond donors (Lipinski definition) is 0. The van der Waals surface area contributed by atoms with Crippen LogP contribution in [0.3, 0.4) is 0 Å². The van der Waals surface area contributed by atoms with Gasteiger partial charge in [0, 0.05) is 27.8 Å². The highest BCUT2D eigenvalue weighted by molar-refractivity contribution is 7.15. The van der Waals surface area contributed by atoms with E-state index >= 15 is 0 Å². The quantitative estimate of drug-likeness (QED) is 0.332. The summed E-state index contributed by atoms with van der Waals surface area (Å²) < 4.78 is 7.57. The molecule has 0 N–H and O–H groups in total. The lowest BCUT2D eigenvalue weighted by atomic mass is 10.1. The fourth-order valence-electron chi connectivity index (χ4n) is 3.20. The zero-order valence-electron chi connectivity index (χ0n) is 16.5. The standard InChI is InChI=1S/C23H13Cl2N3O3S/c1-12(29)13-2-4-14(5-3-13)19-9-7-16(31-19)11-20-22(30)28-23(32-20)26-21(27-28)17-8-6-15(24)10-18(17)25/h2-11H,1H3/b20-11-. The Labute approximate surface area is 195 Å². The molecule has 32 heavy (non-hydrogen) atoms. The first-order chi connectivity index (χ1) is 15.4. The largest absolute Gasteiger partial charge is 0.457 e. The second-order valence-electron chi connectivity index (χ2n) is 7.01. The first kappa shape index (κ1) is 20.6. The van der Waals surface area contributed by atoms with Crippen molar-refractivity contribution >= 4 is 51.4 Å². The molecule has 0 aliphatic heterocycles. The lowest BCUT2D eigenvalue weighted by Gasteiger charge is -1.99. The summed E-state index contributed by atoms with van der Waals surface area (Å²) in [5, 5.41) is 5.23. The molecular formula is C23H13Cl2N3O3S. The first-order valence-electron chi connectivity index (χ1n) is 9.47. The molecule has 0 amide bonds. The van der Waals surface area contributed by atoms with Gasteiger partial charge in [-0.2, -0.15) is 9.50 Å². The molecule has 0 saturated carbocycles. The van der Waals surface area contributed by atoms with Crippen LogP contribution in [0, 0.1) is 0 Å². The normalized spacial score (nSPS) is 12.0. The number of carbonyl (C=O) groups excluding carboxylic acids is 1. The smallest absolute Gasteiger partial charge is 0.291 e. The molecule has 158 valence electrons. The van der Waals surface area contributed by atoms with Crippen molar-refractivity contribution in [3.05, 3.63) is 90.9 Å². The summed E-state index contributed by atoms with van der Waals surface area (Å²) in [6.45, 7) is 1.52. The predicted molar refractivity (Wildman–Crippen MR) is 126 cm³/mol. The highest BCUT2D eigenvalue weighted by Crippen LogP contribution is 2.28. The number of carbonyl (C=O) groups is 1. The number of benzene rings is 2. The van der Waals surface area contributed by atoms with Gasteiger partial charge in [-0.3, -0.25) is 9.59 Å². The van der Waals surface area contributed by atoms with Gasteiger partial charge in [0.2, 0.25) is 4.96 Å². The Morgan fingerprint density at radius 2 is 1.88 bits per heavy atom. The number of fused-ring (bicyclic) bond motifs is 1. The molecule has 3 heterocycles. The monoisotopic (exact) mass is 481 g/mol. The van der Waals surface area contributed by atoms with Gasteiger partial charge < -0.3 is 4.42 Å². The van der Waals surface area contributed by atoms with Crippen LogP contribution in [0.4, 0.5) is 0 Å². The van der Waals surface area contributed by atoms with E-state index in [9.17, 15) is 9.59 Å². The zero-order valence-corrected chi connectivity index (χ0v) is 18.8. The number of aromatic nitrogens is 3. The fourth-order valence-corrected chi connectivity index (χ4v) is 4.58. The summed E-state index contributed by atoms with van der Waals surface area (Å²) >= 11 is 13.4. The van der Waals surface area contributed by atoms with E-state index in [4.69, 9.17) is 27.6 Å². The van der Waals surface area contributed by atoms with Crippen molar-refractivity contribution in [1.29, 1.82) is 0 Å². The number of Topliss-reactive ketones (excluding diaryl/α,β-unsaturated/α-hetero) is 1. The minimum Gasteiger partial charge on any atom is -0.457 e. The Bertz CT molecular complexity index is 1600. The van der Waals surface area contributed by atoms with Crippen molar-refractivity contribution in [1.82, 2.24) is 14.6 Å². The third-order valence-electron chi connectivity index (χ3n) is 4.83. The number of rotatable bonds is 4. The van der Waals surface area contributed by atoms with Crippen LogP contribution >= 0.6 is 34.5 Å². The Kier molecular flexibility index (Phi) is 5.17. The van der Waals surface area contributed by atoms with E-state index in [1.807, 2.05) is 18.2 Å². The molecule has 0 saturated heterocycles. The average Bonchev–Trinajstić information content (AvgIpc) is 3.46. The van der Waals surface area contributed by atoms with E-state index in [0.717, 1.165) is 5.56 Å². The molecule has 0 fully saturated rings. The third-order valence-corrected chi connectivity index (χ3v) is 6.34. The molecule has 5 rings (SSSR count). The van der Waals surface area contributed by atoms with Crippen molar-refractivity contribution in [2.75, 3.05) is 0 Å². The molecule has 0 bridgehead atoms. The van der Waals surface area contributed by atoms with E-state index in [-0.39, 0.29) is 11.3 Å². The molecule has 3 aromatic heterocycles. The van der Waals surface area contributed by atoms with Crippen LogP contribution in [0.25, 0.3) is 33.7 Å². The van der Waals surface area contributed by atoms with Gasteiger partial charge in [-0.05, 0) is 37.3 Å². The molecular weight excluding hydrogens is 469 g/mol. The van der Waals surface area contributed by atoms with E-state index in [1.165, 1.54) is 22.8 Å². The maximum Gasteiger partial charge on any atom is 0.291 e. The van der Waals surface area contributed by atoms with Crippen molar-refractivity contribution in [2.45, 2.75) is 6.92 Å². The summed E-state index contributed by atoms with van der Waals surface area (Å²) in [7, 11) is 0. The van der Waals surface area contributed by atoms with Gasteiger partial charge >= 0.3 is 0 Å².